The summed E-state index contributed by atoms with van der Waals surface area (Å²) in [7, 11) is 0. The second-order valence-corrected chi connectivity index (χ2v) is 8.71. The number of benzene rings is 1. The van der Waals surface area contributed by atoms with E-state index in [2.05, 4.69) is 18.8 Å². The fourth-order valence-electron chi connectivity index (χ4n) is 3.56. The first-order valence-electron chi connectivity index (χ1n) is 11.9. The van der Waals surface area contributed by atoms with E-state index in [0.29, 0.717) is 6.61 Å². The summed E-state index contributed by atoms with van der Waals surface area (Å²) < 4.78 is 6.00. The van der Waals surface area contributed by atoms with Gasteiger partial charge >= 0.3 is 0 Å². The molecule has 0 amide bonds. The molecule has 0 aliphatic carbocycles. The van der Waals surface area contributed by atoms with Crippen molar-refractivity contribution in [3.63, 3.8) is 0 Å². The zero-order chi connectivity index (χ0) is 21.4. The lowest BCUT2D eigenvalue weighted by atomic mass is 10.1. The normalized spacial score (nSPS) is 12.1. The van der Waals surface area contributed by atoms with Crippen LogP contribution in [0.3, 0.4) is 0 Å². The summed E-state index contributed by atoms with van der Waals surface area (Å²) in [5, 5.41) is 0.160. The van der Waals surface area contributed by atoms with Gasteiger partial charge in [0.25, 0.3) is 0 Å². The number of rotatable bonds is 16. The van der Waals surface area contributed by atoms with E-state index in [1.807, 2.05) is 36.5 Å². The van der Waals surface area contributed by atoms with Gasteiger partial charge in [0.15, 0.2) is 5.82 Å². The Morgan fingerprint density at radius 1 is 0.900 bits per heavy atom. The number of ether oxygens (including phenoxy) is 1. The summed E-state index contributed by atoms with van der Waals surface area (Å²) in [4.78, 5) is 9.32. The topological polar surface area (TPSA) is 35.0 Å². The Hall–Kier alpha value is -1.61. The number of unbranched alkanes of at least 4 members (excludes halogenated alkanes) is 8. The molecule has 4 heteroatoms. The van der Waals surface area contributed by atoms with Crippen molar-refractivity contribution in [3.05, 3.63) is 42.2 Å². The standard InChI is InChI=1S/C26H39ClN2O/c1-3-5-6-7-8-9-10-11-12-15-23-18-20-28-26(29-23)24-16-13-14-17-25(24)30-21-19-22(27)4-2/h13-14,16-18,20,22H,3-12,15,19,21H2,1-2H3. The van der Waals surface area contributed by atoms with Gasteiger partial charge in [-0.15, -0.1) is 11.6 Å². The molecular formula is C26H39ClN2O. The molecule has 0 radical (unpaired) electrons. The Labute approximate surface area is 188 Å². The highest BCUT2D eigenvalue weighted by Crippen LogP contribution is 2.27. The number of aromatic nitrogens is 2. The van der Waals surface area contributed by atoms with E-state index in [4.69, 9.17) is 21.3 Å². The fraction of sp³-hybridized carbons (Fsp3) is 0.615. The monoisotopic (exact) mass is 430 g/mol. The Morgan fingerprint density at radius 2 is 1.60 bits per heavy atom. The molecule has 0 N–H and O–H groups in total. The maximum Gasteiger partial charge on any atom is 0.163 e. The van der Waals surface area contributed by atoms with Crippen LogP contribution in [0.5, 0.6) is 5.75 Å². The number of aryl methyl sites for hydroxylation is 1. The van der Waals surface area contributed by atoms with Crippen LogP contribution in [0, 0.1) is 0 Å². The second kappa shape index (κ2) is 15.2. The molecule has 1 aromatic carbocycles. The number of nitrogens with zero attached hydrogens (tertiary/aromatic N) is 2. The molecule has 0 aliphatic heterocycles. The van der Waals surface area contributed by atoms with E-state index in [9.17, 15) is 0 Å². The predicted octanol–water partition coefficient (Wildman–Crippen LogP) is 8.00. The first-order chi connectivity index (χ1) is 14.7. The first-order valence-corrected chi connectivity index (χ1v) is 12.4. The van der Waals surface area contributed by atoms with E-state index in [1.165, 1.54) is 57.8 Å². The van der Waals surface area contributed by atoms with Crippen LogP contribution >= 0.6 is 11.6 Å². The van der Waals surface area contributed by atoms with E-state index in [0.717, 1.165) is 42.1 Å². The van der Waals surface area contributed by atoms with Crippen molar-refractivity contribution in [2.24, 2.45) is 0 Å². The SMILES string of the molecule is CCCCCCCCCCCc1ccnc(-c2ccccc2OCCC(Cl)CC)n1. The molecule has 0 aliphatic rings. The van der Waals surface area contributed by atoms with Crippen LogP contribution < -0.4 is 4.74 Å². The van der Waals surface area contributed by atoms with Gasteiger partial charge in [-0.05, 0) is 43.9 Å². The summed E-state index contributed by atoms with van der Waals surface area (Å²) in [6, 6.07) is 10.1. The number of para-hydroxylation sites is 1. The molecule has 1 atom stereocenters. The summed E-state index contributed by atoms with van der Waals surface area (Å²) in [5.41, 5.74) is 2.07. The third-order valence-corrected chi connectivity index (χ3v) is 6.04. The van der Waals surface area contributed by atoms with Crippen LogP contribution in [-0.2, 0) is 6.42 Å². The van der Waals surface area contributed by atoms with Crippen LogP contribution in [0.2, 0.25) is 0 Å². The first kappa shape index (κ1) is 24.7. The van der Waals surface area contributed by atoms with E-state index < -0.39 is 0 Å². The van der Waals surface area contributed by atoms with E-state index in [-0.39, 0.29) is 5.38 Å². The van der Waals surface area contributed by atoms with Crippen molar-refractivity contribution in [2.75, 3.05) is 6.61 Å². The Bertz CT molecular complexity index is 707. The van der Waals surface area contributed by atoms with Crippen LogP contribution in [0.25, 0.3) is 11.4 Å². The minimum absolute atomic E-state index is 0.160. The van der Waals surface area contributed by atoms with E-state index >= 15 is 0 Å². The maximum absolute atomic E-state index is 6.21. The third-order valence-electron chi connectivity index (χ3n) is 5.51. The van der Waals surface area contributed by atoms with Gasteiger partial charge in [0.2, 0.25) is 0 Å². The molecule has 2 rings (SSSR count). The highest BCUT2D eigenvalue weighted by atomic mass is 35.5. The summed E-state index contributed by atoms with van der Waals surface area (Å²) in [6.07, 6.45) is 16.7. The molecule has 30 heavy (non-hydrogen) atoms. The molecule has 3 nitrogen and oxygen atoms in total. The average Bonchev–Trinajstić information content (AvgIpc) is 2.78. The highest BCUT2D eigenvalue weighted by Gasteiger charge is 2.10. The molecule has 0 saturated carbocycles. The summed E-state index contributed by atoms with van der Waals surface area (Å²) >= 11 is 6.21. The smallest absolute Gasteiger partial charge is 0.163 e. The minimum Gasteiger partial charge on any atom is -0.493 e. The van der Waals surface area contributed by atoms with Gasteiger partial charge in [-0.3, -0.25) is 0 Å². The van der Waals surface area contributed by atoms with Crippen molar-refractivity contribution in [2.45, 2.75) is 96.3 Å². The summed E-state index contributed by atoms with van der Waals surface area (Å²) in [6.45, 7) is 4.98. The van der Waals surface area contributed by atoms with E-state index in [1.54, 1.807) is 0 Å². The lowest BCUT2D eigenvalue weighted by Gasteiger charge is -2.12. The average molecular weight is 431 g/mol. The lowest BCUT2D eigenvalue weighted by Crippen LogP contribution is -2.06. The van der Waals surface area contributed by atoms with Gasteiger partial charge in [-0.2, -0.15) is 0 Å². The van der Waals surface area contributed by atoms with Crippen LogP contribution in [0.1, 0.15) is 90.2 Å². The quantitative estimate of drug-likeness (QED) is 0.200. The van der Waals surface area contributed by atoms with Gasteiger partial charge in [0.1, 0.15) is 5.75 Å². The van der Waals surface area contributed by atoms with Crippen molar-refractivity contribution in [1.82, 2.24) is 9.97 Å². The molecule has 1 aromatic heterocycles. The lowest BCUT2D eigenvalue weighted by molar-refractivity contribution is 0.308. The van der Waals surface area contributed by atoms with Crippen LogP contribution in [0.15, 0.2) is 36.5 Å². The van der Waals surface area contributed by atoms with Gasteiger partial charge in [0.05, 0.1) is 12.2 Å². The number of hydrogen-bond donors (Lipinski definition) is 0. The molecular weight excluding hydrogens is 392 g/mol. The van der Waals surface area contributed by atoms with Crippen LogP contribution in [0.4, 0.5) is 0 Å². The molecule has 1 heterocycles. The molecule has 0 saturated heterocycles. The molecule has 1 unspecified atom stereocenters. The molecule has 0 fully saturated rings. The zero-order valence-corrected chi connectivity index (χ0v) is 19.7. The minimum atomic E-state index is 0.160. The van der Waals surface area contributed by atoms with Crippen molar-refractivity contribution in [1.29, 1.82) is 0 Å². The van der Waals surface area contributed by atoms with Crippen molar-refractivity contribution >= 4 is 11.6 Å². The Balaban J connectivity index is 1.81. The van der Waals surface area contributed by atoms with Gasteiger partial charge in [-0.25, -0.2) is 9.97 Å². The Morgan fingerprint density at radius 3 is 2.33 bits per heavy atom. The maximum atomic E-state index is 6.21. The second-order valence-electron chi connectivity index (χ2n) is 8.09. The van der Waals surface area contributed by atoms with Crippen LogP contribution in [-0.4, -0.2) is 22.0 Å². The third kappa shape index (κ3) is 9.47. The molecule has 166 valence electrons. The molecule has 0 bridgehead atoms. The van der Waals surface area contributed by atoms with Gasteiger partial charge in [0, 0.05) is 17.3 Å². The van der Waals surface area contributed by atoms with Gasteiger partial charge in [-0.1, -0.05) is 77.3 Å². The van der Waals surface area contributed by atoms with Crippen molar-refractivity contribution < 1.29 is 4.74 Å². The summed E-state index contributed by atoms with van der Waals surface area (Å²) in [5.74, 6) is 1.58. The largest absolute Gasteiger partial charge is 0.493 e. The van der Waals surface area contributed by atoms with Gasteiger partial charge < -0.3 is 4.74 Å². The number of hydrogen-bond acceptors (Lipinski definition) is 3. The zero-order valence-electron chi connectivity index (χ0n) is 18.9. The predicted molar refractivity (Wildman–Crippen MR) is 128 cm³/mol. The van der Waals surface area contributed by atoms with Crippen molar-refractivity contribution in [3.8, 4) is 17.1 Å². The molecule has 0 spiro atoms. The molecule has 2 aromatic rings. The number of halogens is 1. The Kier molecular flexibility index (Phi) is 12.5. The number of alkyl halides is 1. The fourth-order valence-corrected chi connectivity index (χ4v) is 3.65. The highest BCUT2D eigenvalue weighted by molar-refractivity contribution is 6.20.